The Bertz CT molecular complexity index is 2670. The molecule has 0 N–H and O–H groups in total. The molecule has 2 heterocycles. The van der Waals surface area contributed by atoms with E-state index in [0.29, 0.717) is 0 Å². The normalized spacial score (nSPS) is 13.6. The zero-order valence-electron chi connectivity index (χ0n) is 26.1. The molecule has 0 saturated carbocycles. The number of rotatable bonds is 4. The molecule has 9 aromatic rings. The highest BCUT2D eigenvalue weighted by atomic mass is 16.3. The average Bonchev–Trinajstić information content (AvgIpc) is 3.71. The van der Waals surface area contributed by atoms with Crippen molar-refractivity contribution in [2.24, 2.45) is 0 Å². The molecule has 0 bridgehead atoms. The maximum atomic E-state index is 6.89. The second-order valence-electron chi connectivity index (χ2n) is 12.6. The Morgan fingerprint density at radius 3 is 1.96 bits per heavy atom. The molecule has 0 amide bonds. The van der Waals surface area contributed by atoms with Gasteiger partial charge in [-0.15, -0.1) is 0 Å². The maximum absolute atomic E-state index is 6.89. The molecule has 2 nitrogen and oxygen atoms in total. The standard InChI is InChI=1S/C46H29NO/c1-3-13-29(14-4-1)31-25-26-36-39(27-31)32-17-7-8-19-34(32)44(36)37-21-11-22-38-45-35(20-12-24-43(45)48-46(37)38)40-28-42(30-15-5-2-6-16-30)47-41-23-10-9-18-33(40)41/h1-28,44H/t44-/m0/s1. The van der Waals surface area contributed by atoms with Gasteiger partial charge in [0.1, 0.15) is 11.2 Å². The number of hydrogen-bond donors (Lipinski definition) is 0. The fourth-order valence-corrected chi connectivity index (χ4v) is 7.82. The number of hydrogen-bond acceptors (Lipinski definition) is 2. The number of furan rings is 1. The second-order valence-corrected chi connectivity index (χ2v) is 12.6. The van der Waals surface area contributed by atoms with Gasteiger partial charge in [0.05, 0.1) is 11.2 Å². The van der Waals surface area contributed by atoms with Crippen LogP contribution in [0.25, 0.3) is 77.5 Å². The fraction of sp³-hybridized carbons (Fsp3) is 0.0217. The fourth-order valence-electron chi connectivity index (χ4n) is 7.82. The summed E-state index contributed by atoms with van der Waals surface area (Å²) in [7, 11) is 0. The number of para-hydroxylation sites is 2. The van der Waals surface area contributed by atoms with Gasteiger partial charge >= 0.3 is 0 Å². The van der Waals surface area contributed by atoms with Crippen LogP contribution in [-0.2, 0) is 0 Å². The Morgan fingerprint density at radius 1 is 0.417 bits per heavy atom. The van der Waals surface area contributed by atoms with E-state index < -0.39 is 0 Å². The van der Waals surface area contributed by atoms with Gasteiger partial charge in [0.2, 0.25) is 0 Å². The highest BCUT2D eigenvalue weighted by Crippen LogP contribution is 2.51. The first-order chi connectivity index (χ1) is 23.8. The van der Waals surface area contributed by atoms with Crippen molar-refractivity contribution >= 4 is 32.8 Å². The third-order valence-electron chi connectivity index (χ3n) is 9.97. The van der Waals surface area contributed by atoms with Crippen molar-refractivity contribution in [3.63, 3.8) is 0 Å². The van der Waals surface area contributed by atoms with Crippen molar-refractivity contribution < 1.29 is 4.42 Å². The van der Waals surface area contributed by atoms with Gasteiger partial charge in [-0.2, -0.15) is 0 Å². The summed E-state index contributed by atoms with van der Waals surface area (Å²) in [6.45, 7) is 0. The largest absolute Gasteiger partial charge is 0.456 e. The molecule has 0 saturated heterocycles. The lowest BCUT2D eigenvalue weighted by Crippen LogP contribution is -1.99. The first kappa shape index (κ1) is 26.9. The first-order valence-corrected chi connectivity index (χ1v) is 16.5. The second kappa shape index (κ2) is 10.7. The lowest BCUT2D eigenvalue weighted by Gasteiger charge is -2.15. The Morgan fingerprint density at radius 2 is 1.08 bits per heavy atom. The Balaban J connectivity index is 1.20. The van der Waals surface area contributed by atoms with Crippen molar-refractivity contribution in [2.75, 3.05) is 0 Å². The summed E-state index contributed by atoms with van der Waals surface area (Å²) in [5, 5.41) is 3.39. The Labute approximate surface area is 278 Å². The third kappa shape index (κ3) is 4.09. The Kier molecular flexibility index (Phi) is 5.97. The van der Waals surface area contributed by atoms with E-state index in [0.717, 1.165) is 55.2 Å². The van der Waals surface area contributed by atoms with Gasteiger partial charge in [-0.05, 0) is 68.8 Å². The molecule has 224 valence electrons. The van der Waals surface area contributed by atoms with Crippen LogP contribution in [0.3, 0.4) is 0 Å². The molecule has 48 heavy (non-hydrogen) atoms. The number of nitrogens with zero attached hydrogens (tertiary/aromatic N) is 1. The van der Waals surface area contributed by atoms with Crippen LogP contribution in [0.2, 0.25) is 0 Å². The molecule has 7 aromatic carbocycles. The number of benzene rings is 7. The SMILES string of the molecule is c1ccc(-c2ccc3c(c2)-c2ccccc2[C@@H]3c2cccc3c2oc2cccc(-c4cc(-c5ccccc5)nc5ccccc45)c23)cc1. The molecule has 1 aliphatic carbocycles. The minimum Gasteiger partial charge on any atom is -0.456 e. The molecule has 2 aromatic heterocycles. The predicted molar refractivity (Wildman–Crippen MR) is 198 cm³/mol. The summed E-state index contributed by atoms with van der Waals surface area (Å²) < 4.78 is 6.89. The van der Waals surface area contributed by atoms with Crippen LogP contribution in [0.4, 0.5) is 0 Å². The third-order valence-corrected chi connectivity index (χ3v) is 9.97. The molecule has 1 aliphatic rings. The summed E-state index contributed by atoms with van der Waals surface area (Å²) >= 11 is 0. The minimum absolute atomic E-state index is 0.0696. The van der Waals surface area contributed by atoms with Gasteiger partial charge in [0, 0.05) is 33.2 Å². The highest BCUT2D eigenvalue weighted by Gasteiger charge is 2.32. The molecular weight excluding hydrogens is 583 g/mol. The zero-order valence-corrected chi connectivity index (χ0v) is 26.1. The predicted octanol–water partition coefficient (Wildman–Crippen LogP) is 12.3. The molecule has 0 unspecified atom stereocenters. The van der Waals surface area contributed by atoms with Crippen molar-refractivity contribution in [2.45, 2.75) is 5.92 Å². The lowest BCUT2D eigenvalue weighted by atomic mass is 9.87. The van der Waals surface area contributed by atoms with Crippen LogP contribution in [0, 0.1) is 0 Å². The number of aromatic nitrogens is 1. The molecule has 2 heteroatoms. The van der Waals surface area contributed by atoms with Gasteiger partial charge in [0.25, 0.3) is 0 Å². The van der Waals surface area contributed by atoms with Crippen LogP contribution >= 0.6 is 0 Å². The summed E-state index contributed by atoms with van der Waals surface area (Å²) in [4.78, 5) is 5.07. The average molecular weight is 612 g/mol. The van der Waals surface area contributed by atoms with Crippen molar-refractivity contribution in [3.05, 3.63) is 187 Å². The van der Waals surface area contributed by atoms with Gasteiger partial charge < -0.3 is 4.42 Å². The first-order valence-electron chi connectivity index (χ1n) is 16.5. The Hall–Kier alpha value is -6.25. The van der Waals surface area contributed by atoms with Crippen LogP contribution in [0.15, 0.2) is 174 Å². The van der Waals surface area contributed by atoms with Crippen molar-refractivity contribution in [1.29, 1.82) is 0 Å². The van der Waals surface area contributed by atoms with Crippen LogP contribution in [0.1, 0.15) is 22.6 Å². The molecule has 0 fully saturated rings. The molecule has 1 atom stereocenters. The van der Waals surface area contributed by atoms with Crippen LogP contribution in [-0.4, -0.2) is 4.98 Å². The maximum Gasteiger partial charge on any atom is 0.139 e. The topological polar surface area (TPSA) is 26.0 Å². The summed E-state index contributed by atoms with van der Waals surface area (Å²) in [6.07, 6.45) is 0. The van der Waals surface area contributed by atoms with Gasteiger partial charge in [-0.25, -0.2) is 4.98 Å². The van der Waals surface area contributed by atoms with Gasteiger partial charge in [-0.1, -0.05) is 146 Å². The van der Waals surface area contributed by atoms with Crippen molar-refractivity contribution in [3.8, 4) is 44.6 Å². The summed E-state index contributed by atoms with van der Waals surface area (Å²) in [6, 6.07) is 60.7. The van der Waals surface area contributed by atoms with E-state index in [1.54, 1.807) is 0 Å². The number of fused-ring (bicyclic) bond motifs is 7. The monoisotopic (exact) mass is 611 g/mol. The van der Waals surface area contributed by atoms with E-state index >= 15 is 0 Å². The smallest absolute Gasteiger partial charge is 0.139 e. The quantitative estimate of drug-likeness (QED) is 0.198. The molecular formula is C46H29NO. The van der Waals surface area contributed by atoms with E-state index in [2.05, 4.69) is 164 Å². The zero-order chi connectivity index (χ0) is 31.6. The molecule has 0 spiro atoms. The number of pyridine rings is 1. The molecule has 0 radical (unpaired) electrons. The highest BCUT2D eigenvalue weighted by molar-refractivity contribution is 6.16. The van der Waals surface area contributed by atoms with Gasteiger partial charge in [-0.3, -0.25) is 0 Å². The lowest BCUT2D eigenvalue weighted by molar-refractivity contribution is 0.661. The minimum atomic E-state index is 0.0696. The van der Waals surface area contributed by atoms with E-state index in [9.17, 15) is 0 Å². The van der Waals surface area contributed by atoms with Crippen LogP contribution < -0.4 is 0 Å². The molecule has 0 aliphatic heterocycles. The molecule has 10 rings (SSSR count). The van der Waals surface area contributed by atoms with Gasteiger partial charge in [0.15, 0.2) is 0 Å². The van der Waals surface area contributed by atoms with Crippen molar-refractivity contribution in [1.82, 2.24) is 4.98 Å². The van der Waals surface area contributed by atoms with Crippen LogP contribution in [0.5, 0.6) is 0 Å². The summed E-state index contributed by atoms with van der Waals surface area (Å²) in [5.74, 6) is 0.0696. The van der Waals surface area contributed by atoms with E-state index in [1.165, 1.54) is 38.9 Å². The van der Waals surface area contributed by atoms with E-state index in [-0.39, 0.29) is 5.92 Å². The van der Waals surface area contributed by atoms with E-state index in [4.69, 9.17) is 9.40 Å². The summed E-state index contributed by atoms with van der Waals surface area (Å²) in [5.41, 5.74) is 16.1. The van der Waals surface area contributed by atoms with E-state index in [1.807, 2.05) is 6.07 Å².